The number of fused-ring (bicyclic) bond motifs is 1. The lowest BCUT2D eigenvalue weighted by Crippen LogP contribution is -2.01. The van der Waals surface area contributed by atoms with Crippen LogP contribution >= 0.6 is 11.3 Å². The Kier molecular flexibility index (Phi) is 4.24. The SMILES string of the molecule is CCOC(=O)c1cc2c(-c3c(C)cc(C)cc3C)nc(N)nc2s1. The summed E-state index contributed by atoms with van der Waals surface area (Å²) in [7, 11) is 0. The third-order valence-electron chi connectivity index (χ3n) is 3.80. The van der Waals surface area contributed by atoms with Crippen molar-refractivity contribution in [1.29, 1.82) is 0 Å². The van der Waals surface area contributed by atoms with Crippen molar-refractivity contribution in [1.82, 2.24) is 9.97 Å². The zero-order valence-corrected chi connectivity index (χ0v) is 15.0. The smallest absolute Gasteiger partial charge is 0.348 e. The van der Waals surface area contributed by atoms with E-state index in [0.29, 0.717) is 16.3 Å². The van der Waals surface area contributed by atoms with Crippen LogP contribution in [0.1, 0.15) is 33.3 Å². The molecule has 0 spiro atoms. The fourth-order valence-electron chi connectivity index (χ4n) is 2.98. The van der Waals surface area contributed by atoms with Gasteiger partial charge in [-0.3, -0.25) is 0 Å². The summed E-state index contributed by atoms with van der Waals surface area (Å²) in [6.07, 6.45) is 0. The van der Waals surface area contributed by atoms with Gasteiger partial charge in [-0.25, -0.2) is 14.8 Å². The first-order chi connectivity index (χ1) is 11.4. The van der Waals surface area contributed by atoms with E-state index in [2.05, 4.69) is 42.9 Å². The number of hydrogen-bond donors (Lipinski definition) is 1. The zero-order chi connectivity index (χ0) is 17.4. The highest BCUT2D eigenvalue weighted by molar-refractivity contribution is 7.20. The van der Waals surface area contributed by atoms with E-state index in [0.717, 1.165) is 27.8 Å². The van der Waals surface area contributed by atoms with E-state index in [1.165, 1.54) is 16.9 Å². The summed E-state index contributed by atoms with van der Waals surface area (Å²) in [6.45, 7) is 8.30. The molecule has 2 heterocycles. The Hall–Kier alpha value is -2.47. The average Bonchev–Trinajstić information content (AvgIpc) is 2.90. The van der Waals surface area contributed by atoms with Crippen molar-refractivity contribution in [3.63, 3.8) is 0 Å². The van der Waals surface area contributed by atoms with Gasteiger partial charge in [0.05, 0.1) is 12.3 Å². The van der Waals surface area contributed by atoms with Gasteiger partial charge in [-0.1, -0.05) is 17.7 Å². The number of nitrogen functional groups attached to an aromatic ring is 1. The van der Waals surface area contributed by atoms with Gasteiger partial charge in [0.15, 0.2) is 0 Å². The molecule has 3 aromatic rings. The fraction of sp³-hybridized carbons (Fsp3) is 0.278. The number of anilines is 1. The number of rotatable bonds is 3. The summed E-state index contributed by atoms with van der Waals surface area (Å²) < 4.78 is 5.09. The summed E-state index contributed by atoms with van der Waals surface area (Å²) >= 11 is 1.28. The standard InChI is InChI=1S/C18H19N3O2S/c1-5-23-17(22)13-8-12-15(20-18(19)21-16(12)24-13)14-10(3)6-9(2)7-11(14)4/h6-8H,5H2,1-4H3,(H2,19,20,21). The fourth-order valence-corrected chi connectivity index (χ4v) is 3.92. The normalized spacial score (nSPS) is 11.0. The van der Waals surface area contributed by atoms with Crippen LogP contribution in [0, 0.1) is 20.8 Å². The monoisotopic (exact) mass is 341 g/mol. The van der Waals surface area contributed by atoms with Gasteiger partial charge in [-0.2, -0.15) is 0 Å². The third-order valence-corrected chi connectivity index (χ3v) is 4.81. The van der Waals surface area contributed by atoms with Gasteiger partial charge in [0, 0.05) is 10.9 Å². The maximum atomic E-state index is 12.0. The van der Waals surface area contributed by atoms with Crippen molar-refractivity contribution >= 4 is 33.5 Å². The van der Waals surface area contributed by atoms with E-state index in [4.69, 9.17) is 10.5 Å². The van der Waals surface area contributed by atoms with Crippen molar-refractivity contribution in [3.8, 4) is 11.3 Å². The first-order valence-electron chi connectivity index (χ1n) is 7.73. The molecule has 0 aliphatic rings. The van der Waals surface area contributed by atoms with Crippen LogP contribution in [0.3, 0.4) is 0 Å². The van der Waals surface area contributed by atoms with Crippen LogP contribution in [0.4, 0.5) is 5.95 Å². The van der Waals surface area contributed by atoms with E-state index in [1.807, 2.05) is 0 Å². The molecule has 124 valence electrons. The first-order valence-corrected chi connectivity index (χ1v) is 8.54. The van der Waals surface area contributed by atoms with Crippen molar-refractivity contribution in [3.05, 3.63) is 39.8 Å². The van der Waals surface area contributed by atoms with Gasteiger partial charge in [-0.05, 0) is 44.9 Å². The molecule has 2 N–H and O–H groups in total. The van der Waals surface area contributed by atoms with Crippen LogP contribution in [-0.2, 0) is 4.74 Å². The molecule has 5 nitrogen and oxygen atoms in total. The lowest BCUT2D eigenvalue weighted by Gasteiger charge is -2.12. The molecule has 0 bridgehead atoms. The predicted octanol–water partition coefficient (Wildman–Crippen LogP) is 4.04. The minimum absolute atomic E-state index is 0.203. The quantitative estimate of drug-likeness (QED) is 0.727. The molecule has 0 fully saturated rings. The number of hydrogen-bond acceptors (Lipinski definition) is 6. The zero-order valence-electron chi connectivity index (χ0n) is 14.1. The minimum atomic E-state index is -0.345. The van der Waals surface area contributed by atoms with Crippen LogP contribution in [0.5, 0.6) is 0 Å². The molecular formula is C18H19N3O2S. The van der Waals surface area contributed by atoms with Crippen molar-refractivity contribution in [2.45, 2.75) is 27.7 Å². The molecule has 1 aromatic carbocycles. The molecule has 0 saturated carbocycles. The van der Waals surface area contributed by atoms with E-state index in [1.54, 1.807) is 13.0 Å². The Morgan fingerprint density at radius 3 is 2.46 bits per heavy atom. The summed E-state index contributed by atoms with van der Waals surface area (Å²) in [5.41, 5.74) is 11.1. The van der Waals surface area contributed by atoms with Crippen LogP contribution in [0.25, 0.3) is 21.5 Å². The minimum Gasteiger partial charge on any atom is -0.462 e. The molecule has 2 aromatic heterocycles. The maximum Gasteiger partial charge on any atom is 0.348 e. The second-order valence-electron chi connectivity index (χ2n) is 5.75. The maximum absolute atomic E-state index is 12.0. The van der Waals surface area contributed by atoms with Crippen LogP contribution in [0.15, 0.2) is 18.2 Å². The van der Waals surface area contributed by atoms with E-state index >= 15 is 0 Å². The number of thiophene rings is 1. The second-order valence-corrected chi connectivity index (χ2v) is 6.78. The Labute approximate surface area is 144 Å². The lowest BCUT2D eigenvalue weighted by atomic mass is 9.96. The Morgan fingerprint density at radius 2 is 1.83 bits per heavy atom. The third kappa shape index (κ3) is 2.85. The molecule has 0 aliphatic heterocycles. The van der Waals surface area contributed by atoms with E-state index in [-0.39, 0.29) is 11.9 Å². The number of nitrogens with zero attached hydrogens (tertiary/aromatic N) is 2. The predicted molar refractivity (Wildman–Crippen MR) is 97.4 cm³/mol. The number of carbonyl (C=O) groups excluding carboxylic acids is 1. The summed E-state index contributed by atoms with van der Waals surface area (Å²) in [5.74, 6) is -0.142. The van der Waals surface area contributed by atoms with Gasteiger partial charge in [0.25, 0.3) is 0 Å². The number of esters is 1. The molecule has 6 heteroatoms. The van der Waals surface area contributed by atoms with E-state index < -0.39 is 0 Å². The average molecular weight is 341 g/mol. The highest BCUT2D eigenvalue weighted by Gasteiger charge is 2.19. The molecule has 24 heavy (non-hydrogen) atoms. The molecule has 0 saturated heterocycles. The Morgan fingerprint density at radius 1 is 1.17 bits per heavy atom. The molecule has 0 atom stereocenters. The van der Waals surface area contributed by atoms with Crippen molar-refractivity contribution in [2.24, 2.45) is 0 Å². The largest absolute Gasteiger partial charge is 0.462 e. The molecule has 0 radical (unpaired) electrons. The lowest BCUT2D eigenvalue weighted by molar-refractivity contribution is 0.0532. The van der Waals surface area contributed by atoms with Gasteiger partial charge < -0.3 is 10.5 Å². The summed E-state index contributed by atoms with van der Waals surface area (Å²) in [6, 6.07) is 6.03. The van der Waals surface area contributed by atoms with Gasteiger partial charge in [0.2, 0.25) is 5.95 Å². The number of nitrogens with two attached hydrogens (primary N) is 1. The van der Waals surface area contributed by atoms with Crippen molar-refractivity contribution in [2.75, 3.05) is 12.3 Å². The molecule has 0 amide bonds. The Balaban J connectivity index is 2.27. The number of benzene rings is 1. The van der Waals surface area contributed by atoms with Crippen LogP contribution in [-0.4, -0.2) is 22.5 Å². The summed E-state index contributed by atoms with van der Waals surface area (Å²) in [4.78, 5) is 22.0. The van der Waals surface area contributed by atoms with Gasteiger partial charge in [0.1, 0.15) is 9.71 Å². The molecule has 0 unspecified atom stereocenters. The van der Waals surface area contributed by atoms with E-state index in [9.17, 15) is 4.79 Å². The number of aryl methyl sites for hydroxylation is 3. The van der Waals surface area contributed by atoms with Gasteiger partial charge >= 0.3 is 5.97 Å². The Bertz CT molecular complexity index is 924. The highest BCUT2D eigenvalue weighted by atomic mass is 32.1. The topological polar surface area (TPSA) is 78.1 Å². The highest BCUT2D eigenvalue weighted by Crippen LogP contribution is 2.36. The molecular weight excluding hydrogens is 322 g/mol. The van der Waals surface area contributed by atoms with Crippen LogP contribution in [0.2, 0.25) is 0 Å². The second kappa shape index (κ2) is 6.20. The number of ether oxygens (including phenoxy) is 1. The van der Waals surface area contributed by atoms with Crippen molar-refractivity contribution < 1.29 is 9.53 Å². The number of carbonyl (C=O) groups is 1. The van der Waals surface area contributed by atoms with Gasteiger partial charge in [-0.15, -0.1) is 11.3 Å². The molecule has 0 aliphatic carbocycles. The van der Waals surface area contributed by atoms with Crippen LogP contribution < -0.4 is 5.73 Å². The summed E-state index contributed by atoms with van der Waals surface area (Å²) in [5, 5.41) is 0.826. The molecule has 3 rings (SSSR count). The number of aromatic nitrogens is 2. The first kappa shape index (κ1) is 16.4.